The van der Waals surface area contributed by atoms with E-state index in [0.29, 0.717) is 6.04 Å². The Kier molecular flexibility index (Phi) is 5.13. The SMILES string of the molecule is C=C(C)C(Cc1ccccc1)NCCC. The van der Waals surface area contributed by atoms with Gasteiger partial charge in [-0.25, -0.2) is 0 Å². The monoisotopic (exact) mass is 203 g/mol. The molecule has 0 saturated heterocycles. The Balaban J connectivity index is 2.55. The van der Waals surface area contributed by atoms with Crippen LogP contribution in [0.3, 0.4) is 0 Å². The van der Waals surface area contributed by atoms with Crippen LogP contribution in [-0.2, 0) is 6.42 Å². The highest BCUT2D eigenvalue weighted by atomic mass is 14.9. The number of nitrogens with one attached hydrogen (secondary N) is 1. The Hall–Kier alpha value is -1.08. The van der Waals surface area contributed by atoms with Crippen LogP contribution in [-0.4, -0.2) is 12.6 Å². The summed E-state index contributed by atoms with van der Waals surface area (Å²) in [6.45, 7) is 9.38. The van der Waals surface area contributed by atoms with Gasteiger partial charge in [0.25, 0.3) is 0 Å². The van der Waals surface area contributed by atoms with E-state index in [1.54, 1.807) is 0 Å². The topological polar surface area (TPSA) is 12.0 Å². The fourth-order valence-electron chi connectivity index (χ4n) is 1.59. The first-order valence-corrected chi connectivity index (χ1v) is 5.66. The van der Waals surface area contributed by atoms with Crippen molar-refractivity contribution in [1.29, 1.82) is 0 Å². The van der Waals surface area contributed by atoms with Crippen molar-refractivity contribution in [3.05, 3.63) is 48.0 Å². The normalized spacial score (nSPS) is 12.4. The predicted octanol–water partition coefficient (Wildman–Crippen LogP) is 3.17. The summed E-state index contributed by atoms with van der Waals surface area (Å²) in [5.74, 6) is 0. The molecule has 0 aliphatic heterocycles. The zero-order valence-electron chi connectivity index (χ0n) is 9.79. The van der Waals surface area contributed by atoms with Crippen LogP contribution in [0.4, 0.5) is 0 Å². The molecule has 0 fully saturated rings. The molecule has 1 unspecified atom stereocenters. The molecular formula is C14H21N. The molecule has 0 bridgehead atoms. The Morgan fingerprint density at radius 1 is 1.33 bits per heavy atom. The van der Waals surface area contributed by atoms with E-state index in [1.165, 1.54) is 17.6 Å². The maximum Gasteiger partial charge on any atom is 0.0314 e. The van der Waals surface area contributed by atoms with Gasteiger partial charge in [-0.3, -0.25) is 0 Å². The second-order valence-corrected chi connectivity index (χ2v) is 4.04. The zero-order valence-corrected chi connectivity index (χ0v) is 9.79. The van der Waals surface area contributed by atoms with Gasteiger partial charge in [0.2, 0.25) is 0 Å². The summed E-state index contributed by atoms with van der Waals surface area (Å²) in [5, 5.41) is 3.52. The molecule has 0 aromatic heterocycles. The van der Waals surface area contributed by atoms with Crippen molar-refractivity contribution in [2.24, 2.45) is 0 Å². The maximum absolute atomic E-state index is 4.04. The van der Waals surface area contributed by atoms with Gasteiger partial charge in [0, 0.05) is 6.04 Å². The van der Waals surface area contributed by atoms with E-state index in [2.05, 4.69) is 56.1 Å². The van der Waals surface area contributed by atoms with Gasteiger partial charge in [0.15, 0.2) is 0 Å². The van der Waals surface area contributed by atoms with Crippen LogP contribution in [0.1, 0.15) is 25.8 Å². The largest absolute Gasteiger partial charge is 0.310 e. The summed E-state index contributed by atoms with van der Waals surface area (Å²) < 4.78 is 0. The fourth-order valence-corrected chi connectivity index (χ4v) is 1.59. The summed E-state index contributed by atoms with van der Waals surface area (Å²) in [6.07, 6.45) is 2.20. The third-order valence-electron chi connectivity index (χ3n) is 2.52. The minimum atomic E-state index is 0.410. The van der Waals surface area contributed by atoms with Crippen LogP contribution in [0.2, 0.25) is 0 Å². The van der Waals surface area contributed by atoms with Gasteiger partial charge in [-0.05, 0) is 31.9 Å². The van der Waals surface area contributed by atoms with Crippen molar-refractivity contribution < 1.29 is 0 Å². The van der Waals surface area contributed by atoms with Gasteiger partial charge in [0.05, 0.1) is 0 Å². The smallest absolute Gasteiger partial charge is 0.0314 e. The molecule has 0 spiro atoms. The molecule has 1 heteroatoms. The van der Waals surface area contributed by atoms with Crippen LogP contribution in [0.15, 0.2) is 42.5 Å². The van der Waals surface area contributed by atoms with Crippen LogP contribution in [0.5, 0.6) is 0 Å². The number of hydrogen-bond donors (Lipinski definition) is 1. The van der Waals surface area contributed by atoms with Crippen LogP contribution >= 0.6 is 0 Å². The average molecular weight is 203 g/mol. The van der Waals surface area contributed by atoms with Crippen LogP contribution in [0.25, 0.3) is 0 Å². The maximum atomic E-state index is 4.04. The minimum Gasteiger partial charge on any atom is -0.310 e. The highest BCUT2D eigenvalue weighted by Gasteiger charge is 2.08. The molecule has 1 N–H and O–H groups in total. The first kappa shape index (κ1) is 12.0. The molecule has 0 aliphatic carbocycles. The number of hydrogen-bond acceptors (Lipinski definition) is 1. The summed E-state index contributed by atoms with van der Waals surface area (Å²) >= 11 is 0. The molecule has 82 valence electrons. The summed E-state index contributed by atoms with van der Waals surface area (Å²) in [7, 11) is 0. The Morgan fingerprint density at radius 3 is 2.53 bits per heavy atom. The van der Waals surface area contributed by atoms with Crippen LogP contribution < -0.4 is 5.32 Å². The number of benzene rings is 1. The van der Waals surface area contributed by atoms with Gasteiger partial charge in [-0.15, -0.1) is 0 Å². The first-order chi connectivity index (χ1) is 7.24. The molecule has 0 amide bonds. The highest BCUT2D eigenvalue weighted by molar-refractivity contribution is 5.19. The van der Waals surface area contributed by atoms with E-state index in [-0.39, 0.29) is 0 Å². The lowest BCUT2D eigenvalue weighted by atomic mass is 10.0. The lowest BCUT2D eigenvalue weighted by molar-refractivity contribution is 0.564. The average Bonchev–Trinajstić information content (AvgIpc) is 2.25. The molecule has 0 radical (unpaired) electrons. The van der Waals surface area contributed by atoms with Gasteiger partial charge in [0.1, 0.15) is 0 Å². The van der Waals surface area contributed by atoms with E-state index in [9.17, 15) is 0 Å². The third-order valence-corrected chi connectivity index (χ3v) is 2.52. The Bertz CT molecular complexity index is 289. The van der Waals surface area contributed by atoms with E-state index in [4.69, 9.17) is 0 Å². The molecule has 1 aromatic carbocycles. The molecule has 0 saturated carbocycles. The predicted molar refractivity (Wildman–Crippen MR) is 67.0 cm³/mol. The standard InChI is InChI=1S/C14H21N/c1-4-10-15-14(12(2)3)11-13-8-6-5-7-9-13/h5-9,14-15H,2,4,10-11H2,1,3H3. The van der Waals surface area contributed by atoms with Crippen LogP contribution in [0, 0.1) is 0 Å². The molecule has 0 aliphatic rings. The molecule has 0 heterocycles. The van der Waals surface area contributed by atoms with Gasteiger partial charge in [-0.1, -0.05) is 49.4 Å². The zero-order chi connectivity index (χ0) is 11.1. The summed E-state index contributed by atoms with van der Waals surface area (Å²) in [5.41, 5.74) is 2.58. The molecule has 1 rings (SSSR count). The van der Waals surface area contributed by atoms with E-state index in [1.807, 2.05) is 0 Å². The van der Waals surface area contributed by atoms with Crippen molar-refractivity contribution in [2.45, 2.75) is 32.7 Å². The van der Waals surface area contributed by atoms with E-state index >= 15 is 0 Å². The molecule has 1 aromatic rings. The highest BCUT2D eigenvalue weighted by Crippen LogP contribution is 2.08. The number of rotatable bonds is 6. The lowest BCUT2D eigenvalue weighted by Crippen LogP contribution is -2.32. The minimum absolute atomic E-state index is 0.410. The third kappa shape index (κ3) is 4.30. The molecular weight excluding hydrogens is 182 g/mol. The van der Waals surface area contributed by atoms with Crippen molar-refractivity contribution in [3.63, 3.8) is 0 Å². The van der Waals surface area contributed by atoms with Gasteiger partial charge < -0.3 is 5.32 Å². The van der Waals surface area contributed by atoms with Crippen molar-refractivity contribution in [3.8, 4) is 0 Å². The quantitative estimate of drug-likeness (QED) is 0.700. The van der Waals surface area contributed by atoms with Gasteiger partial charge >= 0.3 is 0 Å². The van der Waals surface area contributed by atoms with Crippen molar-refractivity contribution in [2.75, 3.05) is 6.54 Å². The Morgan fingerprint density at radius 2 is 2.00 bits per heavy atom. The molecule has 15 heavy (non-hydrogen) atoms. The van der Waals surface area contributed by atoms with Crippen molar-refractivity contribution >= 4 is 0 Å². The van der Waals surface area contributed by atoms with Crippen molar-refractivity contribution in [1.82, 2.24) is 5.32 Å². The molecule has 1 nitrogen and oxygen atoms in total. The Labute approximate surface area is 93.2 Å². The fraction of sp³-hybridized carbons (Fsp3) is 0.429. The lowest BCUT2D eigenvalue weighted by Gasteiger charge is -2.18. The van der Waals surface area contributed by atoms with E-state index in [0.717, 1.165) is 13.0 Å². The van der Waals surface area contributed by atoms with Gasteiger partial charge in [-0.2, -0.15) is 0 Å². The summed E-state index contributed by atoms with van der Waals surface area (Å²) in [6, 6.07) is 11.0. The van der Waals surface area contributed by atoms with E-state index < -0.39 is 0 Å². The first-order valence-electron chi connectivity index (χ1n) is 5.66. The second kappa shape index (κ2) is 6.41. The molecule has 1 atom stereocenters. The second-order valence-electron chi connectivity index (χ2n) is 4.04. The summed E-state index contributed by atoms with van der Waals surface area (Å²) in [4.78, 5) is 0.